The quantitative estimate of drug-likeness (QED) is 0.806. The summed E-state index contributed by atoms with van der Waals surface area (Å²) >= 11 is 0. The molecule has 3 heterocycles. The second kappa shape index (κ2) is 6.93. The number of hydrogen-bond donors (Lipinski definition) is 1. The van der Waals surface area contributed by atoms with Gasteiger partial charge in [-0.25, -0.2) is 9.28 Å². The van der Waals surface area contributed by atoms with E-state index in [1.807, 2.05) is 25.5 Å². The summed E-state index contributed by atoms with van der Waals surface area (Å²) in [5.74, 6) is 0.654. The maximum atomic E-state index is 12.9. The van der Waals surface area contributed by atoms with Gasteiger partial charge in [-0.2, -0.15) is 0 Å². The number of urea groups is 1. The topological polar surface area (TPSA) is 45.2 Å². The summed E-state index contributed by atoms with van der Waals surface area (Å²) in [6.07, 6.45) is 9.78. The number of carbonyl (C=O) groups excluding carboxylic acids is 1. The lowest BCUT2D eigenvalue weighted by Gasteiger charge is -2.36. The van der Waals surface area contributed by atoms with Crippen LogP contribution in [0.1, 0.15) is 50.2 Å². The molecule has 3 aliphatic rings. The number of piperidine rings is 1. The van der Waals surface area contributed by atoms with Crippen LogP contribution in [-0.2, 0) is 13.1 Å². The van der Waals surface area contributed by atoms with E-state index < -0.39 is 0 Å². The second-order valence-corrected chi connectivity index (χ2v) is 9.11. The van der Waals surface area contributed by atoms with Crippen LogP contribution in [-0.4, -0.2) is 47.1 Å². The van der Waals surface area contributed by atoms with Crippen molar-refractivity contribution in [3.8, 4) is 0 Å². The maximum Gasteiger partial charge on any atom is 0.416 e. The molecule has 1 aromatic rings. The summed E-state index contributed by atoms with van der Waals surface area (Å²) in [6.45, 7) is 11.1. The summed E-state index contributed by atoms with van der Waals surface area (Å²) < 4.78 is 0.422. The number of nitrogens with one attached hydrogen (secondary N) is 1. The first-order valence-corrected chi connectivity index (χ1v) is 10.4. The molecule has 2 aliphatic heterocycles. The minimum Gasteiger partial charge on any atom is -0.375 e. The summed E-state index contributed by atoms with van der Waals surface area (Å²) in [7, 11) is 2.04. The Hall–Kier alpha value is -1.88. The maximum absolute atomic E-state index is 12.9. The zero-order chi connectivity index (χ0) is 19.1. The molecule has 2 unspecified atom stereocenters. The van der Waals surface area contributed by atoms with Gasteiger partial charge < -0.3 is 10.2 Å². The molecule has 2 amide bonds. The largest absolute Gasteiger partial charge is 0.416 e. The third-order valence-corrected chi connectivity index (χ3v) is 7.14. The van der Waals surface area contributed by atoms with Crippen molar-refractivity contribution in [2.45, 2.75) is 52.1 Å². The molecule has 0 aromatic carbocycles. The molecule has 5 heteroatoms. The van der Waals surface area contributed by atoms with E-state index in [9.17, 15) is 4.79 Å². The van der Waals surface area contributed by atoms with E-state index in [-0.39, 0.29) is 6.03 Å². The Kier molecular flexibility index (Phi) is 4.75. The van der Waals surface area contributed by atoms with Crippen LogP contribution in [0.2, 0.25) is 0 Å². The summed E-state index contributed by atoms with van der Waals surface area (Å²) in [5, 5.41) is 3.27. The third kappa shape index (κ3) is 3.49. The number of fused-ring (bicyclic) bond motifs is 1. The van der Waals surface area contributed by atoms with Gasteiger partial charge in [-0.15, -0.1) is 0 Å². The van der Waals surface area contributed by atoms with Crippen LogP contribution in [0.5, 0.6) is 0 Å². The number of nitrogens with zero attached hydrogens (tertiary/aromatic N) is 3. The number of allylic oxidation sites excluding steroid dienone is 1. The molecular weight excluding hydrogens is 336 g/mol. The number of rotatable bonds is 5. The van der Waals surface area contributed by atoms with Crippen molar-refractivity contribution in [2.24, 2.45) is 11.3 Å². The molecule has 27 heavy (non-hydrogen) atoms. The minimum absolute atomic E-state index is 0.155. The normalized spacial score (nSPS) is 28.1. The van der Waals surface area contributed by atoms with E-state index in [1.165, 1.54) is 42.5 Å². The van der Waals surface area contributed by atoms with E-state index in [0.29, 0.717) is 15.8 Å². The number of aromatic nitrogens is 1. The highest BCUT2D eigenvalue weighted by molar-refractivity contribution is 5.67. The fraction of sp³-hybridized carbons (Fsp3) is 0.636. The number of carbonyl (C=O) groups is 1. The fourth-order valence-electron chi connectivity index (χ4n) is 5.15. The van der Waals surface area contributed by atoms with Crippen molar-refractivity contribution in [2.75, 3.05) is 26.7 Å². The molecule has 2 atom stereocenters. The SMILES string of the molecule is C=C(CCC)N1CCC2(CC1)CC2CNC(=O)[N+]1(C)Cc2ccncc2C1. The molecule has 2 fully saturated rings. The summed E-state index contributed by atoms with van der Waals surface area (Å²) in [6, 6.07) is 2.20. The van der Waals surface area contributed by atoms with Gasteiger partial charge in [0.05, 0.1) is 7.05 Å². The Morgan fingerprint density at radius 2 is 2.11 bits per heavy atom. The predicted molar refractivity (Wildman–Crippen MR) is 107 cm³/mol. The molecule has 4 rings (SSSR count). The lowest BCUT2D eigenvalue weighted by molar-refractivity contribution is -0.850. The van der Waals surface area contributed by atoms with Gasteiger partial charge in [0.25, 0.3) is 0 Å². The standard InChI is InChI=1S/C22H32N4O/c1-4-5-17(2)25-10-7-22(8-11-25)12-20(22)14-24-21(27)26(3)15-18-6-9-23-13-19(18)16-26/h6,9,13,20H,2,4-5,7-8,10-12,14-16H2,1,3H3/p+1. The highest BCUT2D eigenvalue weighted by atomic mass is 16.2. The zero-order valence-corrected chi connectivity index (χ0v) is 16.8. The van der Waals surface area contributed by atoms with Crippen molar-refractivity contribution < 1.29 is 9.28 Å². The average molecular weight is 370 g/mol. The van der Waals surface area contributed by atoms with Crippen molar-refractivity contribution in [1.29, 1.82) is 0 Å². The fourth-order valence-corrected chi connectivity index (χ4v) is 5.15. The number of hydrogen-bond acceptors (Lipinski definition) is 3. The molecule has 1 aromatic heterocycles. The Morgan fingerprint density at radius 1 is 1.37 bits per heavy atom. The Balaban J connectivity index is 1.25. The van der Waals surface area contributed by atoms with Crippen molar-refractivity contribution in [3.05, 3.63) is 41.9 Å². The number of amides is 2. The first kappa shape index (κ1) is 18.5. The van der Waals surface area contributed by atoms with Gasteiger partial charge in [0.1, 0.15) is 13.1 Å². The van der Waals surface area contributed by atoms with Crippen LogP contribution in [0.3, 0.4) is 0 Å². The molecule has 1 spiro atoms. The van der Waals surface area contributed by atoms with E-state index in [2.05, 4.69) is 28.7 Å². The minimum atomic E-state index is 0.155. The smallest absolute Gasteiger partial charge is 0.375 e. The molecular formula is C22H33N4O+. The molecule has 1 saturated carbocycles. The lowest BCUT2D eigenvalue weighted by atomic mass is 9.90. The number of likely N-dealkylation sites (tertiary alicyclic amines) is 1. The van der Waals surface area contributed by atoms with Gasteiger partial charge in [-0.1, -0.05) is 19.9 Å². The Labute approximate surface area is 163 Å². The average Bonchev–Trinajstić information content (AvgIpc) is 3.19. The van der Waals surface area contributed by atoms with Crippen molar-refractivity contribution in [1.82, 2.24) is 15.2 Å². The Bertz CT molecular complexity index is 711. The van der Waals surface area contributed by atoms with Gasteiger partial charge in [0, 0.05) is 48.9 Å². The first-order chi connectivity index (χ1) is 13.0. The predicted octanol–water partition coefficient (Wildman–Crippen LogP) is 3.67. The van der Waals surface area contributed by atoms with Gasteiger partial charge in [0.15, 0.2) is 0 Å². The molecule has 1 N–H and O–H groups in total. The van der Waals surface area contributed by atoms with Gasteiger partial charge >= 0.3 is 6.03 Å². The lowest BCUT2D eigenvalue weighted by Crippen LogP contribution is -2.51. The second-order valence-electron chi connectivity index (χ2n) is 9.11. The summed E-state index contributed by atoms with van der Waals surface area (Å²) in [4.78, 5) is 19.6. The van der Waals surface area contributed by atoms with E-state index in [0.717, 1.165) is 39.1 Å². The van der Waals surface area contributed by atoms with Gasteiger partial charge in [-0.05, 0) is 43.1 Å². The monoisotopic (exact) mass is 369 g/mol. The van der Waals surface area contributed by atoms with Crippen LogP contribution in [0, 0.1) is 11.3 Å². The van der Waals surface area contributed by atoms with Crippen LogP contribution >= 0.6 is 0 Å². The molecule has 0 radical (unpaired) electrons. The molecule has 146 valence electrons. The third-order valence-electron chi connectivity index (χ3n) is 7.14. The molecule has 5 nitrogen and oxygen atoms in total. The number of quaternary nitrogens is 1. The number of pyridine rings is 1. The van der Waals surface area contributed by atoms with Crippen LogP contribution in [0.25, 0.3) is 0 Å². The highest BCUT2D eigenvalue weighted by Gasteiger charge is 2.55. The summed E-state index contributed by atoms with van der Waals surface area (Å²) in [5.41, 5.74) is 4.24. The van der Waals surface area contributed by atoms with Gasteiger partial charge in [-0.3, -0.25) is 4.98 Å². The van der Waals surface area contributed by atoms with Crippen molar-refractivity contribution >= 4 is 6.03 Å². The van der Waals surface area contributed by atoms with E-state index >= 15 is 0 Å². The van der Waals surface area contributed by atoms with Gasteiger partial charge in [0.2, 0.25) is 0 Å². The van der Waals surface area contributed by atoms with E-state index in [4.69, 9.17) is 0 Å². The van der Waals surface area contributed by atoms with Crippen molar-refractivity contribution in [3.63, 3.8) is 0 Å². The molecule has 1 saturated heterocycles. The van der Waals surface area contributed by atoms with E-state index in [1.54, 1.807) is 0 Å². The molecule has 1 aliphatic carbocycles. The van der Waals surface area contributed by atoms with Crippen LogP contribution in [0.4, 0.5) is 4.79 Å². The van der Waals surface area contributed by atoms with Crippen LogP contribution in [0.15, 0.2) is 30.7 Å². The highest BCUT2D eigenvalue weighted by Crippen LogP contribution is 2.59. The van der Waals surface area contributed by atoms with Crippen LogP contribution < -0.4 is 5.32 Å². The zero-order valence-electron chi connectivity index (χ0n) is 16.8. The first-order valence-electron chi connectivity index (χ1n) is 10.4. The molecule has 0 bridgehead atoms. The Morgan fingerprint density at radius 3 is 2.81 bits per heavy atom.